The van der Waals surface area contributed by atoms with Crippen LogP contribution in [0.5, 0.6) is 5.75 Å². The molecular weight excluding hydrogens is 302 g/mol. The van der Waals surface area contributed by atoms with Gasteiger partial charge >= 0.3 is 0 Å². The third-order valence-electron chi connectivity index (χ3n) is 3.19. The van der Waals surface area contributed by atoms with E-state index in [0.717, 1.165) is 15.7 Å². The normalized spacial score (nSPS) is 10.8. The fourth-order valence-corrected chi connectivity index (χ4v) is 2.66. The fourth-order valence-electron chi connectivity index (χ4n) is 2.28. The van der Waals surface area contributed by atoms with Crippen LogP contribution in [-0.4, -0.2) is 4.98 Å². The van der Waals surface area contributed by atoms with E-state index in [-0.39, 0.29) is 0 Å². The van der Waals surface area contributed by atoms with Gasteiger partial charge in [-0.15, -0.1) is 0 Å². The number of aromatic nitrogens is 1. The Kier molecular flexibility index (Phi) is 3.30. The van der Waals surface area contributed by atoms with Crippen molar-refractivity contribution < 1.29 is 4.74 Å². The van der Waals surface area contributed by atoms with Gasteiger partial charge in [0.1, 0.15) is 12.4 Å². The van der Waals surface area contributed by atoms with Crippen LogP contribution >= 0.6 is 15.9 Å². The van der Waals surface area contributed by atoms with E-state index in [0.29, 0.717) is 6.61 Å². The zero-order valence-corrected chi connectivity index (χ0v) is 12.2. The zero-order valence-electron chi connectivity index (χ0n) is 10.6. The summed E-state index contributed by atoms with van der Waals surface area (Å²) in [5.74, 6) is 0.873. The van der Waals surface area contributed by atoms with Gasteiger partial charge < -0.3 is 9.72 Å². The summed E-state index contributed by atoms with van der Waals surface area (Å²) >= 11 is 3.45. The molecule has 2 aromatic carbocycles. The molecule has 0 fully saturated rings. The van der Waals surface area contributed by atoms with Crippen molar-refractivity contribution >= 4 is 26.8 Å². The van der Waals surface area contributed by atoms with Crippen molar-refractivity contribution in [2.24, 2.45) is 0 Å². The van der Waals surface area contributed by atoms with E-state index in [1.807, 2.05) is 30.5 Å². The zero-order chi connectivity index (χ0) is 13.2. The summed E-state index contributed by atoms with van der Waals surface area (Å²) in [6, 6.07) is 14.2. The molecule has 0 aliphatic heterocycles. The smallest absolute Gasteiger partial charge is 0.120 e. The summed E-state index contributed by atoms with van der Waals surface area (Å²) in [5, 5.41) is 1.26. The standard InChI is InChI=1S/C16H14BrNO/c1-11-4-2-7-15-16(11)12(9-18-15)10-19-14-6-3-5-13(17)8-14/h2-9,18H,10H2,1H3. The second-order valence-corrected chi connectivity index (χ2v) is 5.47. The molecule has 0 bridgehead atoms. The average Bonchev–Trinajstić information content (AvgIpc) is 2.81. The summed E-state index contributed by atoms with van der Waals surface area (Å²) in [6.07, 6.45) is 2.02. The number of hydrogen-bond donors (Lipinski definition) is 1. The van der Waals surface area contributed by atoms with E-state index < -0.39 is 0 Å². The lowest BCUT2D eigenvalue weighted by Gasteiger charge is -2.06. The Balaban J connectivity index is 1.86. The quantitative estimate of drug-likeness (QED) is 0.736. The molecular formula is C16H14BrNO. The number of H-pyrrole nitrogens is 1. The fraction of sp³-hybridized carbons (Fsp3) is 0.125. The van der Waals surface area contributed by atoms with Gasteiger partial charge in [0, 0.05) is 27.1 Å². The predicted octanol–water partition coefficient (Wildman–Crippen LogP) is 4.82. The minimum absolute atomic E-state index is 0.571. The van der Waals surface area contributed by atoms with Crippen LogP contribution in [0, 0.1) is 6.92 Å². The van der Waals surface area contributed by atoms with Gasteiger partial charge in [0.15, 0.2) is 0 Å². The molecule has 0 atom stereocenters. The third-order valence-corrected chi connectivity index (χ3v) is 3.68. The highest BCUT2D eigenvalue weighted by Crippen LogP contribution is 2.24. The van der Waals surface area contributed by atoms with E-state index in [1.165, 1.54) is 16.5 Å². The minimum Gasteiger partial charge on any atom is -0.489 e. The number of aryl methyl sites for hydroxylation is 1. The highest BCUT2D eigenvalue weighted by Gasteiger charge is 2.06. The summed E-state index contributed by atoms with van der Waals surface area (Å²) < 4.78 is 6.87. The molecule has 0 aliphatic rings. The van der Waals surface area contributed by atoms with Gasteiger partial charge in [-0.05, 0) is 36.8 Å². The minimum atomic E-state index is 0.571. The van der Waals surface area contributed by atoms with Crippen LogP contribution in [0.3, 0.4) is 0 Å². The van der Waals surface area contributed by atoms with Gasteiger partial charge in [-0.3, -0.25) is 0 Å². The first-order valence-corrected chi connectivity index (χ1v) is 6.97. The van der Waals surface area contributed by atoms with E-state index in [9.17, 15) is 0 Å². The monoisotopic (exact) mass is 315 g/mol. The van der Waals surface area contributed by atoms with Gasteiger partial charge in [-0.1, -0.05) is 34.1 Å². The lowest BCUT2D eigenvalue weighted by atomic mass is 10.1. The Morgan fingerprint density at radius 2 is 2.00 bits per heavy atom. The molecule has 3 heteroatoms. The van der Waals surface area contributed by atoms with Gasteiger partial charge in [-0.25, -0.2) is 0 Å². The number of fused-ring (bicyclic) bond motifs is 1. The number of hydrogen-bond acceptors (Lipinski definition) is 1. The summed E-state index contributed by atoms with van der Waals surface area (Å²) in [4.78, 5) is 3.29. The molecule has 3 aromatic rings. The molecule has 1 aromatic heterocycles. The summed E-state index contributed by atoms with van der Waals surface area (Å²) in [5.41, 5.74) is 3.62. The number of aromatic amines is 1. The van der Waals surface area contributed by atoms with Crippen molar-refractivity contribution in [3.63, 3.8) is 0 Å². The second-order valence-electron chi connectivity index (χ2n) is 4.56. The van der Waals surface area contributed by atoms with Crippen molar-refractivity contribution in [3.05, 3.63) is 64.3 Å². The van der Waals surface area contributed by atoms with E-state index >= 15 is 0 Å². The van der Waals surface area contributed by atoms with Gasteiger partial charge in [0.25, 0.3) is 0 Å². The van der Waals surface area contributed by atoms with Crippen LogP contribution in [0.2, 0.25) is 0 Å². The third kappa shape index (κ3) is 2.51. The molecule has 0 spiro atoms. The Morgan fingerprint density at radius 3 is 2.84 bits per heavy atom. The predicted molar refractivity (Wildman–Crippen MR) is 81.5 cm³/mol. The molecule has 0 unspecified atom stereocenters. The van der Waals surface area contributed by atoms with Gasteiger partial charge in [0.05, 0.1) is 0 Å². The van der Waals surface area contributed by atoms with Crippen molar-refractivity contribution in [2.45, 2.75) is 13.5 Å². The van der Waals surface area contributed by atoms with E-state index in [4.69, 9.17) is 4.74 Å². The molecule has 1 heterocycles. The number of nitrogens with one attached hydrogen (secondary N) is 1. The first kappa shape index (κ1) is 12.3. The second kappa shape index (κ2) is 5.10. The van der Waals surface area contributed by atoms with Crippen molar-refractivity contribution in [3.8, 4) is 5.75 Å². The number of halogens is 1. The largest absolute Gasteiger partial charge is 0.489 e. The highest BCUT2D eigenvalue weighted by molar-refractivity contribution is 9.10. The number of benzene rings is 2. The first-order valence-electron chi connectivity index (χ1n) is 6.18. The summed E-state index contributed by atoms with van der Waals surface area (Å²) in [6.45, 7) is 2.69. The van der Waals surface area contributed by atoms with Gasteiger partial charge in [0.2, 0.25) is 0 Å². The molecule has 2 nitrogen and oxygen atoms in total. The molecule has 0 amide bonds. The Morgan fingerprint density at radius 1 is 1.16 bits per heavy atom. The van der Waals surface area contributed by atoms with Crippen molar-refractivity contribution in [1.29, 1.82) is 0 Å². The summed E-state index contributed by atoms with van der Waals surface area (Å²) in [7, 11) is 0. The molecule has 96 valence electrons. The lowest BCUT2D eigenvalue weighted by molar-refractivity contribution is 0.307. The van der Waals surface area contributed by atoms with Crippen LogP contribution in [0.25, 0.3) is 10.9 Å². The van der Waals surface area contributed by atoms with Crippen LogP contribution in [0.1, 0.15) is 11.1 Å². The molecule has 3 rings (SSSR count). The average molecular weight is 316 g/mol. The first-order chi connectivity index (χ1) is 9.24. The van der Waals surface area contributed by atoms with Crippen LogP contribution in [0.15, 0.2) is 53.1 Å². The van der Waals surface area contributed by atoms with Crippen LogP contribution in [-0.2, 0) is 6.61 Å². The van der Waals surface area contributed by atoms with Gasteiger partial charge in [-0.2, -0.15) is 0 Å². The topological polar surface area (TPSA) is 25.0 Å². The highest BCUT2D eigenvalue weighted by atomic mass is 79.9. The molecule has 0 radical (unpaired) electrons. The Labute approximate surface area is 120 Å². The lowest BCUT2D eigenvalue weighted by Crippen LogP contribution is -1.94. The molecule has 0 saturated heterocycles. The number of rotatable bonds is 3. The van der Waals surface area contributed by atoms with Crippen LogP contribution in [0.4, 0.5) is 0 Å². The molecule has 19 heavy (non-hydrogen) atoms. The Hall–Kier alpha value is -1.74. The molecule has 0 aliphatic carbocycles. The van der Waals surface area contributed by atoms with E-state index in [2.05, 4.69) is 46.0 Å². The Bertz CT molecular complexity index is 718. The van der Waals surface area contributed by atoms with Crippen molar-refractivity contribution in [2.75, 3.05) is 0 Å². The molecule has 0 saturated carbocycles. The van der Waals surface area contributed by atoms with Crippen molar-refractivity contribution in [1.82, 2.24) is 4.98 Å². The number of ether oxygens (including phenoxy) is 1. The molecule has 1 N–H and O–H groups in total. The maximum absolute atomic E-state index is 5.84. The van der Waals surface area contributed by atoms with E-state index in [1.54, 1.807) is 0 Å². The maximum atomic E-state index is 5.84. The maximum Gasteiger partial charge on any atom is 0.120 e. The SMILES string of the molecule is Cc1cccc2[nH]cc(COc3cccc(Br)c3)c12. The van der Waals surface area contributed by atoms with Crippen LogP contribution < -0.4 is 4.74 Å².